The molecule has 0 spiro atoms. The van der Waals surface area contributed by atoms with Gasteiger partial charge in [0.05, 0.1) is 0 Å². The lowest BCUT2D eigenvalue weighted by Crippen LogP contribution is -1.82. The summed E-state index contributed by atoms with van der Waals surface area (Å²) >= 11 is 0. The Kier molecular flexibility index (Phi) is 3.82. The first-order valence-corrected chi connectivity index (χ1v) is 5.46. The quantitative estimate of drug-likeness (QED) is 0.762. The monoisotopic (exact) mass is 234 g/mol. The molecule has 0 aliphatic heterocycles. The lowest BCUT2D eigenvalue weighted by atomic mass is 10.1. The number of carbonyl (C=O) groups excluding carboxylic acids is 2. The van der Waals surface area contributed by atoms with Crippen molar-refractivity contribution < 1.29 is 9.59 Å². The maximum Gasteiger partial charge on any atom is 0.233 e. The molecule has 0 fully saturated rings. The van der Waals surface area contributed by atoms with Crippen LogP contribution in [0.5, 0.6) is 0 Å². The predicted molar refractivity (Wildman–Crippen MR) is 71.4 cm³/mol. The van der Waals surface area contributed by atoms with Crippen LogP contribution in [0.3, 0.4) is 0 Å². The van der Waals surface area contributed by atoms with Crippen LogP contribution in [0.15, 0.2) is 48.5 Å². The minimum atomic E-state index is 0.520. The van der Waals surface area contributed by atoms with Gasteiger partial charge in [0.15, 0.2) is 0 Å². The third kappa shape index (κ3) is 3.01. The molecule has 2 aromatic carbocycles. The molecular weight excluding hydrogens is 224 g/mol. The van der Waals surface area contributed by atoms with Crippen LogP contribution >= 0.6 is 0 Å². The first-order chi connectivity index (χ1) is 8.81. The molecule has 0 saturated carbocycles. The van der Waals surface area contributed by atoms with Gasteiger partial charge in [-0.2, -0.15) is 0 Å². The summed E-state index contributed by atoms with van der Waals surface area (Å²) in [5.41, 5.74) is 2.87. The second-order valence-corrected chi connectivity index (χ2v) is 3.79. The van der Waals surface area contributed by atoms with Crippen molar-refractivity contribution in [2.45, 2.75) is 0 Å². The number of rotatable bonds is 4. The second kappa shape index (κ2) is 5.73. The summed E-state index contributed by atoms with van der Waals surface area (Å²) in [7, 11) is 0. The van der Waals surface area contributed by atoms with Crippen LogP contribution in [-0.4, -0.2) is 12.6 Å². The van der Waals surface area contributed by atoms with Gasteiger partial charge >= 0.3 is 0 Å². The average Bonchev–Trinajstić information content (AvgIpc) is 2.45. The van der Waals surface area contributed by atoms with Gasteiger partial charge in [-0.05, 0) is 23.3 Å². The highest BCUT2D eigenvalue weighted by atomic mass is 16.1. The summed E-state index contributed by atoms with van der Waals surface area (Å²) in [5, 5.41) is 0. The Bertz CT molecular complexity index is 544. The highest BCUT2D eigenvalue weighted by Crippen LogP contribution is 2.10. The third-order valence-electron chi connectivity index (χ3n) is 2.48. The van der Waals surface area contributed by atoms with E-state index >= 15 is 0 Å². The molecule has 0 aromatic heterocycles. The van der Waals surface area contributed by atoms with E-state index in [2.05, 4.69) is 0 Å². The van der Waals surface area contributed by atoms with Crippen LogP contribution in [0.25, 0.3) is 12.2 Å². The average molecular weight is 234 g/mol. The van der Waals surface area contributed by atoms with Gasteiger partial charge in [0.1, 0.15) is 0 Å². The van der Waals surface area contributed by atoms with Gasteiger partial charge in [-0.3, -0.25) is 9.59 Å². The largest absolute Gasteiger partial charge is 0.285 e. The molecule has 0 amide bonds. The fourth-order valence-corrected chi connectivity index (χ4v) is 1.60. The summed E-state index contributed by atoms with van der Waals surface area (Å²) in [4.78, 5) is 21.0. The molecule has 0 N–H and O–H groups in total. The maximum atomic E-state index is 10.5. The van der Waals surface area contributed by atoms with Crippen molar-refractivity contribution in [3.8, 4) is 0 Å². The van der Waals surface area contributed by atoms with Crippen molar-refractivity contribution in [1.82, 2.24) is 0 Å². The van der Waals surface area contributed by atoms with Gasteiger partial charge in [0.2, 0.25) is 12.6 Å². The molecule has 18 heavy (non-hydrogen) atoms. The van der Waals surface area contributed by atoms with E-state index in [1.54, 1.807) is 36.4 Å². The van der Waals surface area contributed by atoms with Gasteiger partial charge in [0, 0.05) is 11.1 Å². The van der Waals surface area contributed by atoms with Crippen molar-refractivity contribution in [3.05, 3.63) is 70.8 Å². The molecule has 2 aromatic rings. The van der Waals surface area contributed by atoms with E-state index in [0.29, 0.717) is 11.1 Å². The minimum absolute atomic E-state index is 0.520. The van der Waals surface area contributed by atoms with E-state index in [4.69, 9.17) is 0 Å². The molecular formula is C16H10O2. The predicted octanol–water partition coefficient (Wildman–Crippen LogP) is 2.77. The van der Waals surface area contributed by atoms with Crippen molar-refractivity contribution in [2.24, 2.45) is 0 Å². The normalized spacial score (nSPS) is 10.4. The summed E-state index contributed by atoms with van der Waals surface area (Å²) < 4.78 is 0. The lowest BCUT2D eigenvalue weighted by Gasteiger charge is -1.96. The number of hydrogen-bond donors (Lipinski definition) is 0. The highest BCUT2D eigenvalue weighted by molar-refractivity contribution is 5.80. The van der Waals surface area contributed by atoms with Crippen LogP contribution in [0.4, 0.5) is 0 Å². The van der Waals surface area contributed by atoms with E-state index < -0.39 is 0 Å². The van der Waals surface area contributed by atoms with Gasteiger partial charge in [-0.15, -0.1) is 0 Å². The van der Waals surface area contributed by atoms with Crippen LogP contribution in [0, 0.1) is 0 Å². The molecule has 0 aliphatic rings. The van der Waals surface area contributed by atoms with Crippen molar-refractivity contribution >= 4 is 24.7 Å². The third-order valence-corrected chi connectivity index (χ3v) is 2.48. The SMILES string of the molecule is O=[C]c1cccc(C=Cc2cccc([C]=O)c2)c1. The van der Waals surface area contributed by atoms with Crippen molar-refractivity contribution in [3.63, 3.8) is 0 Å². The zero-order chi connectivity index (χ0) is 12.8. The Labute approximate surface area is 106 Å². The molecule has 2 radical (unpaired) electrons. The summed E-state index contributed by atoms with van der Waals surface area (Å²) in [6.45, 7) is 0. The van der Waals surface area contributed by atoms with Crippen LogP contribution in [0.2, 0.25) is 0 Å². The Morgan fingerprint density at radius 1 is 0.722 bits per heavy atom. The van der Waals surface area contributed by atoms with E-state index in [0.717, 1.165) is 11.1 Å². The van der Waals surface area contributed by atoms with Gasteiger partial charge in [-0.1, -0.05) is 48.6 Å². The smallest absolute Gasteiger partial charge is 0.233 e. The van der Waals surface area contributed by atoms with Crippen LogP contribution in [-0.2, 0) is 9.59 Å². The molecule has 0 unspecified atom stereocenters. The first kappa shape index (κ1) is 12.0. The molecule has 0 bridgehead atoms. The summed E-state index contributed by atoms with van der Waals surface area (Å²) in [5.74, 6) is 0. The zero-order valence-electron chi connectivity index (χ0n) is 9.59. The van der Waals surface area contributed by atoms with Crippen LogP contribution < -0.4 is 0 Å². The zero-order valence-corrected chi connectivity index (χ0v) is 9.59. The molecule has 86 valence electrons. The Morgan fingerprint density at radius 3 is 1.56 bits per heavy atom. The number of hydrogen-bond acceptors (Lipinski definition) is 2. The number of benzene rings is 2. The fourth-order valence-electron chi connectivity index (χ4n) is 1.60. The van der Waals surface area contributed by atoms with Crippen molar-refractivity contribution in [1.29, 1.82) is 0 Å². The molecule has 0 heterocycles. The Morgan fingerprint density at radius 2 is 1.17 bits per heavy atom. The summed E-state index contributed by atoms with van der Waals surface area (Å²) in [6.07, 6.45) is 7.46. The maximum absolute atomic E-state index is 10.5. The molecule has 2 rings (SSSR count). The summed E-state index contributed by atoms with van der Waals surface area (Å²) in [6, 6.07) is 14.3. The van der Waals surface area contributed by atoms with E-state index in [9.17, 15) is 9.59 Å². The van der Waals surface area contributed by atoms with E-state index in [1.807, 2.05) is 36.9 Å². The minimum Gasteiger partial charge on any atom is -0.285 e. The second-order valence-electron chi connectivity index (χ2n) is 3.79. The van der Waals surface area contributed by atoms with Gasteiger partial charge in [-0.25, -0.2) is 0 Å². The fraction of sp³-hybridized carbons (Fsp3) is 0. The Balaban J connectivity index is 2.23. The lowest BCUT2D eigenvalue weighted by molar-refractivity contribution is 0.562. The van der Waals surface area contributed by atoms with Crippen molar-refractivity contribution in [2.75, 3.05) is 0 Å². The first-order valence-electron chi connectivity index (χ1n) is 5.46. The molecule has 2 nitrogen and oxygen atoms in total. The molecule has 0 aliphatic carbocycles. The topological polar surface area (TPSA) is 34.1 Å². The Hall–Kier alpha value is -2.48. The van der Waals surface area contributed by atoms with Gasteiger partial charge in [0.25, 0.3) is 0 Å². The standard InChI is InChI=1S/C16H10O2/c17-11-15-5-1-3-13(9-15)7-8-14-4-2-6-16(10-14)12-18/h1-10H. The van der Waals surface area contributed by atoms with E-state index in [-0.39, 0.29) is 0 Å². The van der Waals surface area contributed by atoms with E-state index in [1.165, 1.54) is 0 Å². The molecule has 0 saturated heterocycles. The van der Waals surface area contributed by atoms with Crippen LogP contribution in [0.1, 0.15) is 22.3 Å². The molecule has 2 heteroatoms. The molecule has 0 atom stereocenters. The highest BCUT2D eigenvalue weighted by Gasteiger charge is 1.94. The van der Waals surface area contributed by atoms with Gasteiger partial charge < -0.3 is 0 Å².